The van der Waals surface area contributed by atoms with Gasteiger partial charge in [0.2, 0.25) is 0 Å². The maximum absolute atomic E-state index is 14.0. The number of benzene rings is 7. The summed E-state index contributed by atoms with van der Waals surface area (Å²) in [6.45, 7) is 11.6. The van der Waals surface area contributed by atoms with Crippen molar-refractivity contribution in [3.63, 3.8) is 0 Å². The molecule has 0 unspecified atom stereocenters. The number of para-hydroxylation sites is 4. The molecule has 1 aliphatic heterocycles. The van der Waals surface area contributed by atoms with Gasteiger partial charge in [-0.1, -0.05) is 111 Å². The van der Waals surface area contributed by atoms with Crippen molar-refractivity contribution >= 4 is 44.6 Å². The van der Waals surface area contributed by atoms with Crippen molar-refractivity contribution in [2.45, 2.75) is 40.0 Å². The lowest BCUT2D eigenvalue weighted by molar-refractivity contribution is 0.483. The Kier molecular flexibility index (Phi) is 9.02. The van der Waals surface area contributed by atoms with Crippen LogP contribution >= 0.6 is 0 Å². The zero-order valence-electron chi connectivity index (χ0n) is 34.4. The molecule has 294 valence electrons. The number of halogens is 1. The quantitative estimate of drug-likeness (QED) is 0.161. The van der Waals surface area contributed by atoms with Crippen molar-refractivity contribution in [2.75, 3.05) is 16.5 Å². The molecular formula is C54H45FN4O. The number of aromatic nitrogens is 2. The molecule has 0 N–H and O–H groups in total. The van der Waals surface area contributed by atoms with Crippen LogP contribution in [-0.4, -0.2) is 16.2 Å². The summed E-state index contributed by atoms with van der Waals surface area (Å²) in [6.07, 6.45) is 1.91. The highest BCUT2D eigenvalue weighted by Gasteiger charge is 2.30. The van der Waals surface area contributed by atoms with E-state index in [4.69, 9.17) is 9.72 Å². The Morgan fingerprint density at radius 2 is 1.22 bits per heavy atom. The van der Waals surface area contributed by atoms with Crippen LogP contribution in [0, 0.1) is 19.7 Å². The van der Waals surface area contributed by atoms with Crippen LogP contribution < -0.4 is 14.5 Å². The molecule has 5 nitrogen and oxygen atoms in total. The number of pyridine rings is 1. The van der Waals surface area contributed by atoms with E-state index in [1.54, 1.807) is 0 Å². The molecule has 0 saturated carbocycles. The second-order valence-corrected chi connectivity index (χ2v) is 16.9. The van der Waals surface area contributed by atoms with Gasteiger partial charge < -0.3 is 14.5 Å². The van der Waals surface area contributed by atoms with Gasteiger partial charge >= 0.3 is 0 Å². The lowest BCUT2D eigenvalue weighted by Gasteiger charge is -2.25. The van der Waals surface area contributed by atoms with Gasteiger partial charge in [-0.3, -0.25) is 4.57 Å². The van der Waals surface area contributed by atoms with E-state index >= 15 is 0 Å². The van der Waals surface area contributed by atoms with E-state index in [1.807, 2.05) is 24.4 Å². The van der Waals surface area contributed by atoms with Crippen LogP contribution in [0.5, 0.6) is 11.5 Å². The second-order valence-electron chi connectivity index (χ2n) is 16.9. The van der Waals surface area contributed by atoms with Gasteiger partial charge in [-0.15, -0.1) is 0 Å². The number of fused-ring (bicyclic) bond motifs is 4. The predicted octanol–water partition coefficient (Wildman–Crippen LogP) is 14.6. The predicted molar refractivity (Wildman–Crippen MR) is 246 cm³/mol. The first-order valence-corrected chi connectivity index (χ1v) is 20.5. The number of aryl methyl sites for hydroxylation is 2. The number of rotatable bonds is 7. The van der Waals surface area contributed by atoms with Gasteiger partial charge in [0.05, 0.1) is 28.1 Å². The van der Waals surface area contributed by atoms with Crippen molar-refractivity contribution < 1.29 is 9.13 Å². The molecular weight excluding hydrogens is 740 g/mol. The highest BCUT2D eigenvalue weighted by Crippen LogP contribution is 2.48. The number of hydrogen-bond donors (Lipinski definition) is 0. The molecule has 3 heterocycles. The monoisotopic (exact) mass is 784 g/mol. The first-order chi connectivity index (χ1) is 29.1. The summed E-state index contributed by atoms with van der Waals surface area (Å²) in [7, 11) is 0. The van der Waals surface area contributed by atoms with E-state index in [-0.39, 0.29) is 11.2 Å². The molecule has 10 rings (SSSR count). The maximum atomic E-state index is 14.0. The van der Waals surface area contributed by atoms with Crippen LogP contribution in [0.2, 0.25) is 0 Å². The van der Waals surface area contributed by atoms with Gasteiger partial charge in [-0.2, -0.15) is 0 Å². The average molecular weight is 785 g/mol. The smallest absolute Gasteiger partial charge is 0.137 e. The molecule has 7 aromatic carbocycles. The largest absolute Gasteiger partial charge is 0.457 e. The van der Waals surface area contributed by atoms with E-state index in [1.165, 1.54) is 34.2 Å². The molecule has 0 spiro atoms. The van der Waals surface area contributed by atoms with Gasteiger partial charge in [-0.25, -0.2) is 9.37 Å². The van der Waals surface area contributed by atoms with Crippen LogP contribution in [0.4, 0.5) is 27.1 Å². The van der Waals surface area contributed by atoms with Crippen molar-refractivity contribution in [2.24, 2.45) is 0 Å². The SMILES string of the molecule is Cc1cc(C)cc(-c2cc(Oc3ccc4c5ccccc5n(-c5cc(C(C)(C)C)ccn5)c4c3)cc(N3CN(c4ccccc4-c4ccc(F)cc4)c4ccccc43)c2)c1. The van der Waals surface area contributed by atoms with Crippen molar-refractivity contribution in [1.82, 2.24) is 9.55 Å². The van der Waals surface area contributed by atoms with Gasteiger partial charge in [0.25, 0.3) is 0 Å². The van der Waals surface area contributed by atoms with E-state index in [0.717, 1.165) is 78.7 Å². The number of nitrogens with zero attached hydrogens (tertiary/aromatic N) is 4. The molecule has 0 saturated heterocycles. The Balaban J connectivity index is 1.09. The molecule has 2 aromatic heterocycles. The minimum Gasteiger partial charge on any atom is -0.457 e. The molecule has 0 aliphatic carbocycles. The first kappa shape index (κ1) is 37.1. The topological polar surface area (TPSA) is 33.5 Å². The van der Waals surface area contributed by atoms with Gasteiger partial charge in [0, 0.05) is 40.4 Å². The third-order valence-corrected chi connectivity index (χ3v) is 11.6. The third kappa shape index (κ3) is 6.74. The molecule has 6 heteroatoms. The van der Waals surface area contributed by atoms with Gasteiger partial charge in [-0.05, 0) is 114 Å². The lowest BCUT2D eigenvalue weighted by atomic mass is 9.88. The van der Waals surface area contributed by atoms with E-state index in [9.17, 15) is 4.39 Å². The second kappa shape index (κ2) is 14.6. The number of anilines is 4. The zero-order chi connectivity index (χ0) is 41.1. The maximum Gasteiger partial charge on any atom is 0.137 e. The molecule has 60 heavy (non-hydrogen) atoms. The summed E-state index contributed by atoms with van der Waals surface area (Å²) in [5.41, 5.74) is 14.2. The van der Waals surface area contributed by atoms with E-state index < -0.39 is 0 Å². The highest BCUT2D eigenvalue weighted by molar-refractivity contribution is 6.09. The fourth-order valence-corrected chi connectivity index (χ4v) is 8.73. The summed E-state index contributed by atoms with van der Waals surface area (Å²) in [5, 5.41) is 2.31. The molecule has 0 bridgehead atoms. The summed E-state index contributed by atoms with van der Waals surface area (Å²) in [5.74, 6) is 2.10. The standard InChI is InChI=1S/C54H45FN4O/c1-35-26-36(2)28-38(27-35)39-29-42(57-34-58(51-17-11-10-16-50(51)57)48-14-8-6-12-45(48)37-18-20-41(55)21-19-37)32-44(30-39)60-43-22-23-47-46-13-7-9-15-49(46)59(52(47)33-43)53-31-40(24-25-56-53)54(3,4)5/h6-33H,34H2,1-5H3. The molecule has 0 fully saturated rings. The van der Waals surface area contributed by atoms with Crippen molar-refractivity contribution in [3.8, 4) is 39.6 Å². The molecule has 0 radical (unpaired) electrons. The van der Waals surface area contributed by atoms with Crippen molar-refractivity contribution in [1.29, 1.82) is 0 Å². The Bertz CT molecular complexity index is 3070. The minimum absolute atomic E-state index is 0.0256. The van der Waals surface area contributed by atoms with E-state index in [0.29, 0.717) is 6.67 Å². The lowest BCUT2D eigenvalue weighted by Crippen LogP contribution is -2.24. The normalized spacial score (nSPS) is 12.7. The van der Waals surface area contributed by atoms with Crippen LogP contribution in [0.1, 0.15) is 37.5 Å². The molecule has 0 amide bonds. The van der Waals surface area contributed by atoms with Crippen LogP contribution in [0.3, 0.4) is 0 Å². The minimum atomic E-state index is -0.249. The summed E-state index contributed by atoms with van der Waals surface area (Å²) in [6, 6.07) is 56.1. The average Bonchev–Trinajstić information content (AvgIpc) is 3.79. The Hall–Kier alpha value is -7.18. The molecule has 1 aliphatic rings. The van der Waals surface area contributed by atoms with E-state index in [2.05, 4.69) is 182 Å². The summed E-state index contributed by atoms with van der Waals surface area (Å²) in [4.78, 5) is 9.59. The number of hydrogen-bond acceptors (Lipinski definition) is 4. The van der Waals surface area contributed by atoms with Crippen molar-refractivity contribution in [3.05, 3.63) is 192 Å². The number of ether oxygens (including phenoxy) is 1. The van der Waals surface area contributed by atoms with Gasteiger partial charge in [0.15, 0.2) is 0 Å². The zero-order valence-corrected chi connectivity index (χ0v) is 34.4. The van der Waals surface area contributed by atoms with Crippen LogP contribution in [-0.2, 0) is 5.41 Å². The molecule has 0 atom stereocenters. The Labute approximate surface area is 350 Å². The first-order valence-electron chi connectivity index (χ1n) is 20.5. The van der Waals surface area contributed by atoms with Gasteiger partial charge in [0.1, 0.15) is 29.8 Å². The highest BCUT2D eigenvalue weighted by atomic mass is 19.1. The third-order valence-electron chi connectivity index (χ3n) is 11.6. The fourth-order valence-electron chi connectivity index (χ4n) is 8.73. The summed E-state index contributed by atoms with van der Waals surface area (Å²) < 4.78 is 23.2. The Morgan fingerprint density at radius 1 is 0.550 bits per heavy atom. The molecule has 9 aromatic rings. The van der Waals surface area contributed by atoms with Crippen LogP contribution in [0.15, 0.2) is 170 Å². The fraction of sp³-hybridized carbons (Fsp3) is 0.130. The Morgan fingerprint density at radius 3 is 1.98 bits per heavy atom. The summed E-state index contributed by atoms with van der Waals surface area (Å²) >= 11 is 0. The van der Waals surface area contributed by atoms with Crippen LogP contribution in [0.25, 0.3) is 49.9 Å².